The van der Waals surface area contributed by atoms with Gasteiger partial charge in [-0.25, -0.2) is 0 Å². The number of hydrogen-bond acceptors (Lipinski definition) is 4. The largest absolute Gasteiger partial charge is 0.305 e. The van der Waals surface area contributed by atoms with Crippen molar-refractivity contribution in [2.75, 3.05) is 11.4 Å². The monoisotopic (exact) mass is 255 g/mol. The van der Waals surface area contributed by atoms with Crippen LogP contribution in [-0.2, 0) is 4.79 Å². The van der Waals surface area contributed by atoms with Gasteiger partial charge in [-0.15, -0.1) is 12.3 Å². The Kier molecular flexibility index (Phi) is 3.17. The zero-order valence-corrected chi connectivity index (χ0v) is 9.87. The van der Waals surface area contributed by atoms with Crippen molar-refractivity contribution in [3.05, 3.63) is 33.9 Å². The third-order valence-corrected chi connectivity index (χ3v) is 2.95. The third kappa shape index (κ3) is 2.24. The maximum absolute atomic E-state index is 11.8. The topological polar surface area (TPSA) is 87.2 Å². The van der Waals surface area contributed by atoms with Gasteiger partial charge in [0.2, 0.25) is 5.91 Å². The van der Waals surface area contributed by atoms with Gasteiger partial charge in [0.15, 0.2) is 0 Å². The number of nitrogens with zero attached hydrogens (tertiary/aromatic N) is 3. The number of hydrogen-bond donors (Lipinski definition) is 0. The first kappa shape index (κ1) is 12.6. The summed E-state index contributed by atoms with van der Waals surface area (Å²) < 4.78 is 0. The molecule has 1 atom stereocenters. The molecule has 94 valence electrons. The third-order valence-electron chi connectivity index (χ3n) is 2.95. The number of nitro groups is 1. The second-order valence-corrected chi connectivity index (χ2v) is 4.14. The van der Waals surface area contributed by atoms with Crippen molar-refractivity contribution < 1.29 is 9.72 Å². The molecule has 1 saturated heterocycles. The first-order valence-electron chi connectivity index (χ1n) is 5.52. The predicted octanol–water partition coefficient (Wildman–Crippen LogP) is 1.45. The standard InChI is InChI=1S/C13H9N3O3/c1-2-9-6-13(17)15(8-9)11-4-3-10(7-14)5-12(11)16(18)19/h1,3-5,9H,6,8H2. The van der Waals surface area contributed by atoms with Crippen molar-refractivity contribution in [3.8, 4) is 18.4 Å². The Morgan fingerprint density at radius 1 is 1.53 bits per heavy atom. The van der Waals surface area contributed by atoms with Gasteiger partial charge in [-0.2, -0.15) is 5.26 Å². The van der Waals surface area contributed by atoms with Crippen LogP contribution in [0, 0.1) is 39.7 Å². The molecule has 0 radical (unpaired) electrons. The lowest BCUT2D eigenvalue weighted by Crippen LogP contribution is -2.25. The van der Waals surface area contributed by atoms with E-state index in [0.29, 0.717) is 0 Å². The molecular weight excluding hydrogens is 246 g/mol. The molecule has 1 aliphatic rings. The quantitative estimate of drug-likeness (QED) is 0.454. The van der Waals surface area contributed by atoms with Gasteiger partial charge in [0.25, 0.3) is 5.69 Å². The van der Waals surface area contributed by atoms with Crippen LogP contribution in [0.5, 0.6) is 0 Å². The lowest BCUT2D eigenvalue weighted by Gasteiger charge is -2.15. The minimum atomic E-state index is -0.605. The Hall–Kier alpha value is -2.86. The molecule has 19 heavy (non-hydrogen) atoms. The van der Waals surface area contributed by atoms with Gasteiger partial charge in [-0.05, 0) is 12.1 Å². The average molecular weight is 255 g/mol. The Bertz CT molecular complexity index is 640. The molecule has 1 aliphatic heterocycles. The predicted molar refractivity (Wildman–Crippen MR) is 67.1 cm³/mol. The molecule has 1 amide bonds. The van der Waals surface area contributed by atoms with Gasteiger partial charge in [-0.1, -0.05) is 0 Å². The lowest BCUT2D eigenvalue weighted by atomic mass is 10.1. The summed E-state index contributed by atoms with van der Waals surface area (Å²) in [6.07, 6.45) is 5.46. The van der Waals surface area contributed by atoms with E-state index >= 15 is 0 Å². The highest BCUT2D eigenvalue weighted by atomic mass is 16.6. The summed E-state index contributed by atoms with van der Waals surface area (Å²) in [5.41, 5.74) is 0.104. The van der Waals surface area contributed by atoms with Crippen LogP contribution >= 0.6 is 0 Å². The number of benzene rings is 1. The number of nitro benzene ring substituents is 1. The Balaban J connectivity index is 2.46. The van der Waals surface area contributed by atoms with E-state index < -0.39 is 4.92 Å². The average Bonchev–Trinajstić information content (AvgIpc) is 2.79. The molecule has 1 heterocycles. The fraction of sp³-hybridized carbons (Fsp3) is 0.231. The molecule has 1 aromatic rings. The number of terminal acetylenes is 1. The van der Waals surface area contributed by atoms with Crippen molar-refractivity contribution in [1.82, 2.24) is 0 Å². The summed E-state index contributed by atoms with van der Waals surface area (Å²) in [5.74, 6) is 2.01. The number of nitriles is 1. The van der Waals surface area contributed by atoms with Gasteiger partial charge in [0.05, 0.1) is 16.6 Å². The van der Waals surface area contributed by atoms with Gasteiger partial charge >= 0.3 is 0 Å². The van der Waals surface area contributed by atoms with Crippen LogP contribution in [0.15, 0.2) is 18.2 Å². The van der Waals surface area contributed by atoms with E-state index in [4.69, 9.17) is 11.7 Å². The van der Waals surface area contributed by atoms with Crippen LogP contribution in [0.2, 0.25) is 0 Å². The van der Waals surface area contributed by atoms with Crippen LogP contribution < -0.4 is 4.90 Å². The smallest absolute Gasteiger partial charge is 0.294 e. The zero-order chi connectivity index (χ0) is 14.0. The maximum atomic E-state index is 11.8. The van der Waals surface area contributed by atoms with Crippen LogP contribution in [-0.4, -0.2) is 17.4 Å². The molecule has 0 bridgehead atoms. The minimum absolute atomic E-state index is 0.176. The molecule has 0 N–H and O–H groups in total. The molecule has 0 aromatic heterocycles. The second-order valence-electron chi connectivity index (χ2n) is 4.14. The summed E-state index contributed by atoms with van der Waals surface area (Å²) in [4.78, 5) is 23.5. The molecule has 6 nitrogen and oxygen atoms in total. The van der Waals surface area contributed by atoms with Crippen molar-refractivity contribution in [3.63, 3.8) is 0 Å². The second kappa shape index (κ2) is 4.79. The van der Waals surface area contributed by atoms with Crippen LogP contribution in [0.25, 0.3) is 0 Å². The molecular formula is C13H9N3O3. The number of carbonyl (C=O) groups excluding carboxylic acids is 1. The summed E-state index contributed by atoms with van der Waals surface area (Å²) >= 11 is 0. The SMILES string of the molecule is C#CC1CC(=O)N(c2ccc(C#N)cc2[N+](=O)[O-])C1. The summed E-state index contributed by atoms with van der Waals surface area (Å²) in [6.45, 7) is 0.266. The van der Waals surface area contributed by atoms with Crippen molar-refractivity contribution in [1.29, 1.82) is 5.26 Å². The van der Waals surface area contributed by atoms with Gasteiger partial charge < -0.3 is 4.90 Å². The van der Waals surface area contributed by atoms with Crippen molar-refractivity contribution in [2.45, 2.75) is 6.42 Å². The fourth-order valence-electron chi connectivity index (χ4n) is 2.02. The summed E-state index contributed by atoms with van der Waals surface area (Å²) in [6, 6.07) is 5.84. The van der Waals surface area contributed by atoms with E-state index in [1.807, 2.05) is 6.07 Å². The van der Waals surface area contributed by atoms with Crippen molar-refractivity contribution >= 4 is 17.3 Å². The Morgan fingerprint density at radius 2 is 2.26 bits per heavy atom. The molecule has 1 unspecified atom stereocenters. The van der Waals surface area contributed by atoms with E-state index in [1.54, 1.807) is 0 Å². The van der Waals surface area contributed by atoms with E-state index in [0.717, 1.165) is 6.07 Å². The van der Waals surface area contributed by atoms with E-state index in [9.17, 15) is 14.9 Å². The van der Waals surface area contributed by atoms with Crippen LogP contribution in [0.3, 0.4) is 0 Å². The molecule has 1 fully saturated rings. The number of carbonyl (C=O) groups is 1. The van der Waals surface area contributed by atoms with Crippen LogP contribution in [0.4, 0.5) is 11.4 Å². The molecule has 0 aliphatic carbocycles. The minimum Gasteiger partial charge on any atom is -0.305 e. The number of amides is 1. The molecule has 0 saturated carbocycles. The first-order chi connectivity index (χ1) is 9.06. The fourth-order valence-corrected chi connectivity index (χ4v) is 2.02. The first-order valence-corrected chi connectivity index (χ1v) is 5.52. The highest BCUT2D eigenvalue weighted by Gasteiger charge is 2.33. The normalized spacial score (nSPS) is 17.9. The molecule has 6 heteroatoms. The molecule has 1 aromatic carbocycles. The summed E-state index contributed by atoms with van der Waals surface area (Å²) in [5, 5.41) is 19.8. The van der Waals surface area contributed by atoms with E-state index in [2.05, 4.69) is 5.92 Å². The van der Waals surface area contributed by atoms with Gasteiger partial charge in [0, 0.05) is 24.9 Å². The number of rotatable bonds is 2. The zero-order valence-electron chi connectivity index (χ0n) is 9.87. The van der Waals surface area contributed by atoms with Gasteiger partial charge in [0.1, 0.15) is 5.69 Å². The molecule has 2 rings (SSSR count). The maximum Gasteiger partial charge on any atom is 0.294 e. The van der Waals surface area contributed by atoms with Crippen molar-refractivity contribution in [2.24, 2.45) is 5.92 Å². The highest BCUT2D eigenvalue weighted by Crippen LogP contribution is 2.33. The Labute approximate surface area is 109 Å². The highest BCUT2D eigenvalue weighted by molar-refractivity contribution is 5.98. The summed E-state index contributed by atoms with van der Waals surface area (Å²) in [7, 11) is 0. The van der Waals surface area contributed by atoms with E-state index in [-0.39, 0.29) is 41.7 Å². The Morgan fingerprint density at radius 3 is 2.79 bits per heavy atom. The van der Waals surface area contributed by atoms with Gasteiger partial charge in [-0.3, -0.25) is 14.9 Å². The number of anilines is 1. The molecule has 0 spiro atoms. The lowest BCUT2D eigenvalue weighted by molar-refractivity contribution is -0.384. The van der Waals surface area contributed by atoms with Crippen LogP contribution in [0.1, 0.15) is 12.0 Å². The van der Waals surface area contributed by atoms with E-state index in [1.165, 1.54) is 17.0 Å².